The van der Waals surface area contributed by atoms with Gasteiger partial charge in [-0.15, -0.1) is 24.8 Å². The summed E-state index contributed by atoms with van der Waals surface area (Å²) in [6.45, 7) is 1.16. The second-order valence-electron chi connectivity index (χ2n) is 2.79. The van der Waals surface area contributed by atoms with Crippen LogP contribution in [0.4, 0.5) is 5.69 Å². The highest BCUT2D eigenvalue weighted by molar-refractivity contribution is 5.85. The predicted molar refractivity (Wildman–Crippen MR) is 68.5 cm³/mol. The van der Waals surface area contributed by atoms with Gasteiger partial charge in [-0.1, -0.05) is 0 Å². The van der Waals surface area contributed by atoms with Gasteiger partial charge in [-0.3, -0.25) is 0 Å². The molecule has 0 fully saturated rings. The first-order valence-electron chi connectivity index (χ1n) is 4.39. The average molecular weight is 270 g/mol. The molecule has 0 spiro atoms. The Kier molecular flexibility index (Phi) is 10.4. The van der Waals surface area contributed by atoms with Gasteiger partial charge in [0.1, 0.15) is 0 Å². The number of nitrogen functional groups attached to an aromatic ring is 1. The molecule has 0 atom stereocenters. The Balaban J connectivity index is 0. The van der Waals surface area contributed by atoms with Crippen LogP contribution < -0.4 is 15.8 Å². The maximum atomic E-state index is 8.58. The van der Waals surface area contributed by atoms with Crippen molar-refractivity contribution < 1.29 is 9.84 Å². The number of nitrogens with two attached hydrogens (primary N) is 1. The van der Waals surface area contributed by atoms with Gasteiger partial charge in [0.2, 0.25) is 5.88 Å². The van der Waals surface area contributed by atoms with Crippen molar-refractivity contribution in [2.75, 3.05) is 26.0 Å². The molecule has 0 aliphatic carbocycles. The number of aliphatic hydroxyl groups is 1. The van der Waals surface area contributed by atoms with E-state index in [0.29, 0.717) is 24.7 Å². The number of rotatable bonds is 5. The second kappa shape index (κ2) is 9.47. The van der Waals surface area contributed by atoms with Gasteiger partial charge >= 0.3 is 0 Å². The Hall–Kier alpha value is -0.750. The number of aliphatic hydroxyl groups excluding tert-OH is 1. The number of halogens is 2. The molecule has 16 heavy (non-hydrogen) atoms. The van der Waals surface area contributed by atoms with Gasteiger partial charge < -0.3 is 20.9 Å². The number of pyridine rings is 1. The number of hydrogen-bond donors (Lipinski definition) is 3. The molecular weight excluding hydrogens is 253 g/mol. The Labute approximate surface area is 107 Å². The lowest BCUT2D eigenvalue weighted by Gasteiger charge is -2.07. The minimum atomic E-state index is 0. The van der Waals surface area contributed by atoms with Crippen molar-refractivity contribution in [2.45, 2.75) is 6.54 Å². The van der Waals surface area contributed by atoms with Gasteiger partial charge in [0.25, 0.3) is 0 Å². The van der Waals surface area contributed by atoms with E-state index in [4.69, 9.17) is 15.6 Å². The molecule has 0 radical (unpaired) electrons. The Morgan fingerprint density at radius 3 is 2.69 bits per heavy atom. The maximum Gasteiger partial charge on any atom is 0.213 e. The molecule has 0 aliphatic rings. The Morgan fingerprint density at radius 2 is 2.12 bits per heavy atom. The van der Waals surface area contributed by atoms with Crippen LogP contribution in [-0.2, 0) is 6.54 Å². The minimum absolute atomic E-state index is 0. The molecule has 0 aromatic carbocycles. The number of hydrogen-bond acceptors (Lipinski definition) is 5. The number of methoxy groups -OCH3 is 1. The van der Waals surface area contributed by atoms with E-state index < -0.39 is 0 Å². The number of aromatic nitrogens is 1. The van der Waals surface area contributed by atoms with Crippen LogP contribution in [-0.4, -0.2) is 30.4 Å². The number of nitrogens with one attached hydrogen (secondary N) is 1. The zero-order valence-electron chi connectivity index (χ0n) is 8.97. The first-order chi connectivity index (χ1) is 6.77. The summed E-state index contributed by atoms with van der Waals surface area (Å²) in [7, 11) is 1.56. The van der Waals surface area contributed by atoms with Crippen LogP contribution in [0.15, 0.2) is 12.1 Å². The van der Waals surface area contributed by atoms with Crippen LogP contribution >= 0.6 is 24.8 Å². The first-order valence-corrected chi connectivity index (χ1v) is 4.39. The van der Waals surface area contributed by atoms with Crippen LogP contribution in [0.5, 0.6) is 5.88 Å². The molecule has 4 N–H and O–H groups in total. The molecule has 0 unspecified atom stereocenters. The number of ether oxygens (including phenoxy) is 1. The van der Waals surface area contributed by atoms with Gasteiger partial charge in [0.05, 0.1) is 25.1 Å². The van der Waals surface area contributed by atoms with Gasteiger partial charge in [-0.2, -0.15) is 0 Å². The summed E-state index contributed by atoms with van der Waals surface area (Å²) < 4.78 is 4.97. The van der Waals surface area contributed by atoms with Crippen molar-refractivity contribution in [3.63, 3.8) is 0 Å². The van der Waals surface area contributed by atoms with Crippen LogP contribution in [0, 0.1) is 0 Å². The fourth-order valence-corrected chi connectivity index (χ4v) is 1.03. The van der Waals surface area contributed by atoms with Crippen LogP contribution in [0.3, 0.4) is 0 Å². The van der Waals surface area contributed by atoms with Crippen molar-refractivity contribution in [3.05, 3.63) is 17.8 Å². The van der Waals surface area contributed by atoms with Crippen molar-refractivity contribution in [1.29, 1.82) is 0 Å². The molecule has 1 aromatic heterocycles. The molecule has 7 heteroatoms. The highest BCUT2D eigenvalue weighted by Gasteiger charge is 2.02. The van der Waals surface area contributed by atoms with Gasteiger partial charge in [0, 0.05) is 19.2 Å². The third kappa shape index (κ3) is 5.37. The second-order valence-corrected chi connectivity index (χ2v) is 2.79. The quantitative estimate of drug-likeness (QED) is 0.683. The van der Waals surface area contributed by atoms with Crippen molar-refractivity contribution >= 4 is 30.5 Å². The van der Waals surface area contributed by atoms with E-state index in [1.165, 1.54) is 0 Å². The maximum absolute atomic E-state index is 8.58. The fraction of sp³-hybridized carbons (Fsp3) is 0.444. The van der Waals surface area contributed by atoms with Crippen LogP contribution in [0.25, 0.3) is 0 Å². The highest BCUT2D eigenvalue weighted by atomic mass is 35.5. The summed E-state index contributed by atoms with van der Waals surface area (Å²) in [5, 5.41) is 11.6. The lowest BCUT2D eigenvalue weighted by Crippen LogP contribution is -2.19. The zero-order chi connectivity index (χ0) is 10.4. The third-order valence-electron chi connectivity index (χ3n) is 1.77. The summed E-state index contributed by atoms with van der Waals surface area (Å²) in [5.74, 6) is 0.542. The third-order valence-corrected chi connectivity index (χ3v) is 1.77. The summed E-state index contributed by atoms with van der Waals surface area (Å²) >= 11 is 0. The molecule has 1 heterocycles. The van der Waals surface area contributed by atoms with E-state index in [0.717, 1.165) is 5.69 Å². The standard InChI is InChI=1S/C9H15N3O2.2ClH/c1-14-9-3-2-7(10)8(12-9)6-11-4-5-13;;/h2-3,11,13H,4-6,10H2,1H3;2*1H. The summed E-state index contributed by atoms with van der Waals surface area (Å²) in [4.78, 5) is 4.17. The predicted octanol–water partition coefficient (Wildman–Crippen LogP) is 0.598. The molecule has 0 saturated carbocycles. The zero-order valence-corrected chi connectivity index (χ0v) is 10.6. The lowest BCUT2D eigenvalue weighted by atomic mass is 10.3. The lowest BCUT2D eigenvalue weighted by molar-refractivity contribution is 0.291. The van der Waals surface area contributed by atoms with Gasteiger partial charge in [0.15, 0.2) is 0 Å². The number of nitrogens with zero attached hydrogens (tertiary/aromatic N) is 1. The Morgan fingerprint density at radius 1 is 1.44 bits per heavy atom. The van der Waals surface area contributed by atoms with Crippen LogP contribution in [0.1, 0.15) is 5.69 Å². The van der Waals surface area contributed by atoms with Crippen LogP contribution in [0.2, 0.25) is 0 Å². The minimum Gasteiger partial charge on any atom is -0.481 e. The SMILES string of the molecule is COc1ccc(N)c(CNCCO)n1.Cl.Cl. The topological polar surface area (TPSA) is 80.4 Å². The van der Waals surface area contributed by atoms with E-state index in [2.05, 4.69) is 10.3 Å². The van der Waals surface area contributed by atoms with Gasteiger partial charge in [-0.05, 0) is 6.07 Å². The van der Waals surface area contributed by atoms with E-state index in [-0.39, 0.29) is 31.4 Å². The Bertz CT molecular complexity index is 300. The molecule has 0 aliphatic heterocycles. The smallest absolute Gasteiger partial charge is 0.213 e. The first kappa shape index (κ1) is 17.6. The summed E-state index contributed by atoms with van der Waals surface area (Å²) in [6.07, 6.45) is 0. The fourth-order valence-electron chi connectivity index (χ4n) is 1.03. The highest BCUT2D eigenvalue weighted by Crippen LogP contribution is 2.13. The molecular formula is C9H17Cl2N3O2. The number of anilines is 1. The van der Waals surface area contributed by atoms with Gasteiger partial charge in [-0.25, -0.2) is 4.98 Å². The molecule has 0 bridgehead atoms. The normalized spacial score (nSPS) is 8.88. The van der Waals surface area contributed by atoms with Crippen molar-refractivity contribution in [2.24, 2.45) is 0 Å². The van der Waals surface area contributed by atoms with Crippen molar-refractivity contribution in [1.82, 2.24) is 10.3 Å². The van der Waals surface area contributed by atoms with E-state index in [9.17, 15) is 0 Å². The van der Waals surface area contributed by atoms with E-state index in [1.807, 2.05) is 0 Å². The molecule has 0 amide bonds. The summed E-state index contributed by atoms with van der Waals surface area (Å²) in [6, 6.07) is 3.46. The average Bonchev–Trinajstić information content (AvgIpc) is 2.21. The molecule has 1 rings (SSSR count). The molecule has 5 nitrogen and oxygen atoms in total. The monoisotopic (exact) mass is 269 g/mol. The van der Waals surface area contributed by atoms with Crippen molar-refractivity contribution in [3.8, 4) is 5.88 Å². The van der Waals surface area contributed by atoms with E-state index >= 15 is 0 Å². The molecule has 94 valence electrons. The summed E-state index contributed by atoms with van der Waals surface area (Å²) in [5.41, 5.74) is 7.06. The van der Waals surface area contributed by atoms with E-state index in [1.54, 1.807) is 19.2 Å². The molecule has 1 aromatic rings. The largest absolute Gasteiger partial charge is 0.481 e. The molecule has 0 saturated heterocycles.